The molecule has 18 heavy (non-hydrogen) atoms. The highest BCUT2D eigenvalue weighted by Crippen LogP contribution is 2.11. The van der Waals surface area contributed by atoms with Gasteiger partial charge in [0, 0.05) is 13.1 Å². The smallest absolute Gasteiger partial charge is 0.0233 e. The van der Waals surface area contributed by atoms with Crippen molar-refractivity contribution in [2.24, 2.45) is 0 Å². The molecule has 0 atom stereocenters. The summed E-state index contributed by atoms with van der Waals surface area (Å²) in [4.78, 5) is 2.42. The van der Waals surface area contributed by atoms with E-state index in [1.807, 2.05) is 0 Å². The molecule has 1 aromatic carbocycles. The molecule has 0 fully saturated rings. The molecule has 0 saturated carbocycles. The summed E-state index contributed by atoms with van der Waals surface area (Å²) in [6.07, 6.45) is 3.75. The van der Waals surface area contributed by atoms with E-state index < -0.39 is 0 Å². The number of hydrogen-bond acceptors (Lipinski definition) is 2. The Balaban J connectivity index is 2.52. The molecule has 0 unspecified atom stereocenters. The third-order valence-corrected chi connectivity index (χ3v) is 3.19. The van der Waals surface area contributed by atoms with Crippen LogP contribution in [0.15, 0.2) is 24.3 Å². The summed E-state index contributed by atoms with van der Waals surface area (Å²) < 4.78 is 0. The largest absolute Gasteiger partial charge is 0.313 e. The van der Waals surface area contributed by atoms with Crippen molar-refractivity contribution in [1.29, 1.82) is 0 Å². The van der Waals surface area contributed by atoms with Crippen LogP contribution in [-0.2, 0) is 13.1 Å². The second-order valence-electron chi connectivity index (χ2n) is 5.04. The molecule has 0 aliphatic rings. The maximum Gasteiger partial charge on any atom is 0.0233 e. The highest BCUT2D eigenvalue weighted by Gasteiger charge is 2.04. The van der Waals surface area contributed by atoms with Crippen LogP contribution < -0.4 is 5.32 Å². The fourth-order valence-electron chi connectivity index (χ4n) is 2.08. The van der Waals surface area contributed by atoms with E-state index in [-0.39, 0.29) is 0 Å². The minimum absolute atomic E-state index is 0.992. The molecule has 102 valence electrons. The molecule has 1 aromatic rings. The lowest BCUT2D eigenvalue weighted by Crippen LogP contribution is -2.21. The van der Waals surface area contributed by atoms with Gasteiger partial charge in [-0.25, -0.2) is 0 Å². The molecule has 2 nitrogen and oxygen atoms in total. The summed E-state index contributed by atoms with van der Waals surface area (Å²) >= 11 is 0. The van der Waals surface area contributed by atoms with Gasteiger partial charge >= 0.3 is 0 Å². The van der Waals surface area contributed by atoms with Crippen molar-refractivity contribution < 1.29 is 0 Å². The Morgan fingerprint density at radius 1 is 1.06 bits per heavy atom. The Labute approximate surface area is 112 Å². The molecule has 0 spiro atoms. The van der Waals surface area contributed by atoms with Crippen LogP contribution >= 0.6 is 0 Å². The van der Waals surface area contributed by atoms with Crippen molar-refractivity contribution in [2.45, 2.75) is 46.2 Å². The summed E-state index contributed by atoms with van der Waals surface area (Å²) in [6, 6.07) is 8.78. The Morgan fingerprint density at radius 2 is 1.78 bits per heavy atom. The monoisotopic (exact) mass is 248 g/mol. The van der Waals surface area contributed by atoms with E-state index in [0.717, 1.165) is 19.6 Å². The normalized spacial score (nSPS) is 11.1. The Hall–Kier alpha value is -0.860. The van der Waals surface area contributed by atoms with Gasteiger partial charge in [-0.1, -0.05) is 44.5 Å². The van der Waals surface area contributed by atoms with Crippen molar-refractivity contribution in [1.82, 2.24) is 10.2 Å². The van der Waals surface area contributed by atoms with Gasteiger partial charge in [0.15, 0.2) is 0 Å². The summed E-state index contributed by atoms with van der Waals surface area (Å²) in [5.74, 6) is 0. The Kier molecular flexibility index (Phi) is 7.70. The van der Waals surface area contributed by atoms with Crippen molar-refractivity contribution >= 4 is 0 Å². The fraction of sp³-hybridized carbons (Fsp3) is 0.625. The van der Waals surface area contributed by atoms with E-state index in [9.17, 15) is 0 Å². The lowest BCUT2D eigenvalue weighted by molar-refractivity contribution is 0.319. The number of rotatable bonds is 9. The van der Waals surface area contributed by atoms with Gasteiger partial charge in [-0.15, -0.1) is 0 Å². The first-order chi connectivity index (χ1) is 8.77. The average molecular weight is 248 g/mol. The van der Waals surface area contributed by atoms with Gasteiger partial charge < -0.3 is 10.2 Å². The molecule has 2 heteroatoms. The van der Waals surface area contributed by atoms with Crippen LogP contribution in [0.1, 0.15) is 44.2 Å². The first-order valence-corrected chi connectivity index (χ1v) is 7.24. The number of nitrogens with zero attached hydrogens (tertiary/aromatic N) is 1. The molecule has 0 amide bonds. The molecule has 0 saturated heterocycles. The molecule has 0 aromatic heterocycles. The predicted octanol–water partition coefficient (Wildman–Crippen LogP) is 3.42. The maximum absolute atomic E-state index is 3.49. The SMILES string of the molecule is CCCCN(C)Cc1ccccc1CNCCC. The fourth-order valence-corrected chi connectivity index (χ4v) is 2.08. The van der Waals surface area contributed by atoms with Gasteiger partial charge in [-0.2, -0.15) is 0 Å². The maximum atomic E-state index is 3.49. The number of unbranched alkanes of at least 4 members (excludes halogenated alkanes) is 1. The van der Waals surface area contributed by atoms with Crippen LogP contribution in [0.2, 0.25) is 0 Å². The molecule has 0 bridgehead atoms. The van der Waals surface area contributed by atoms with Crippen LogP contribution in [0, 0.1) is 0 Å². The van der Waals surface area contributed by atoms with Gasteiger partial charge in [0.2, 0.25) is 0 Å². The molecular weight excluding hydrogens is 220 g/mol. The van der Waals surface area contributed by atoms with Crippen LogP contribution in [0.25, 0.3) is 0 Å². The minimum atomic E-state index is 0.992. The average Bonchev–Trinajstić information content (AvgIpc) is 2.38. The van der Waals surface area contributed by atoms with E-state index in [4.69, 9.17) is 0 Å². The van der Waals surface area contributed by atoms with Crippen molar-refractivity contribution in [3.63, 3.8) is 0 Å². The van der Waals surface area contributed by atoms with Crippen LogP contribution in [0.5, 0.6) is 0 Å². The molecule has 0 radical (unpaired) electrons. The molecule has 0 heterocycles. The topological polar surface area (TPSA) is 15.3 Å². The van der Waals surface area contributed by atoms with E-state index in [0.29, 0.717) is 0 Å². The molecule has 1 rings (SSSR count). The highest BCUT2D eigenvalue weighted by molar-refractivity contribution is 5.26. The van der Waals surface area contributed by atoms with Gasteiger partial charge in [-0.05, 0) is 44.1 Å². The lowest BCUT2D eigenvalue weighted by atomic mass is 10.1. The quantitative estimate of drug-likeness (QED) is 0.674. The van der Waals surface area contributed by atoms with E-state index in [2.05, 4.69) is 55.4 Å². The second kappa shape index (κ2) is 9.12. The molecular formula is C16H28N2. The predicted molar refractivity (Wildman–Crippen MR) is 79.7 cm³/mol. The first-order valence-electron chi connectivity index (χ1n) is 7.24. The van der Waals surface area contributed by atoms with Crippen LogP contribution in [0.3, 0.4) is 0 Å². The zero-order chi connectivity index (χ0) is 13.2. The van der Waals surface area contributed by atoms with Crippen molar-refractivity contribution in [3.8, 4) is 0 Å². The van der Waals surface area contributed by atoms with Gasteiger partial charge in [0.1, 0.15) is 0 Å². The third-order valence-electron chi connectivity index (χ3n) is 3.19. The third kappa shape index (κ3) is 5.65. The second-order valence-corrected chi connectivity index (χ2v) is 5.04. The summed E-state index contributed by atoms with van der Waals surface area (Å²) in [7, 11) is 2.21. The number of nitrogens with one attached hydrogen (secondary N) is 1. The van der Waals surface area contributed by atoms with E-state index in [1.165, 1.54) is 36.9 Å². The van der Waals surface area contributed by atoms with Gasteiger partial charge in [0.25, 0.3) is 0 Å². The molecule has 0 aliphatic heterocycles. The highest BCUT2D eigenvalue weighted by atomic mass is 15.1. The van der Waals surface area contributed by atoms with E-state index in [1.54, 1.807) is 0 Å². The van der Waals surface area contributed by atoms with Crippen molar-refractivity contribution in [2.75, 3.05) is 20.1 Å². The minimum Gasteiger partial charge on any atom is -0.313 e. The Morgan fingerprint density at radius 3 is 2.44 bits per heavy atom. The Bertz CT molecular complexity index is 323. The van der Waals surface area contributed by atoms with Gasteiger partial charge in [0.05, 0.1) is 0 Å². The molecule has 0 aliphatic carbocycles. The molecule has 1 N–H and O–H groups in total. The number of hydrogen-bond donors (Lipinski definition) is 1. The zero-order valence-corrected chi connectivity index (χ0v) is 12.2. The van der Waals surface area contributed by atoms with Gasteiger partial charge in [-0.3, -0.25) is 0 Å². The first kappa shape index (κ1) is 15.2. The summed E-state index contributed by atoms with van der Waals surface area (Å²) in [5, 5.41) is 3.49. The zero-order valence-electron chi connectivity index (χ0n) is 12.2. The van der Waals surface area contributed by atoms with Crippen LogP contribution in [-0.4, -0.2) is 25.0 Å². The summed E-state index contributed by atoms with van der Waals surface area (Å²) in [6.45, 7) is 8.79. The van der Waals surface area contributed by atoms with Crippen LogP contribution in [0.4, 0.5) is 0 Å². The lowest BCUT2D eigenvalue weighted by Gasteiger charge is -2.18. The standard InChI is InChI=1S/C16H28N2/c1-4-6-12-18(3)14-16-10-8-7-9-15(16)13-17-11-5-2/h7-10,17H,4-6,11-14H2,1-3H3. The van der Waals surface area contributed by atoms with Crippen molar-refractivity contribution in [3.05, 3.63) is 35.4 Å². The summed E-state index contributed by atoms with van der Waals surface area (Å²) in [5.41, 5.74) is 2.90. The number of benzene rings is 1. The van der Waals surface area contributed by atoms with E-state index >= 15 is 0 Å².